The van der Waals surface area contributed by atoms with Crippen molar-refractivity contribution in [3.05, 3.63) is 412 Å². The van der Waals surface area contributed by atoms with Crippen molar-refractivity contribution < 1.29 is 52.4 Å². The van der Waals surface area contributed by atoms with Crippen LogP contribution in [0.3, 0.4) is 0 Å². The highest BCUT2D eigenvalue weighted by Crippen LogP contribution is 2.42. The second-order valence-corrected chi connectivity index (χ2v) is 31.4. The van der Waals surface area contributed by atoms with E-state index in [1.807, 2.05) is 48.5 Å². The summed E-state index contributed by atoms with van der Waals surface area (Å²) in [6.07, 6.45) is 9.46. The lowest BCUT2D eigenvalue weighted by atomic mass is 10.0. The summed E-state index contributed by atoms with van der Waals surface area (Å²) in [5.41, 5.74) is 35.3. The number of aryl methyl sites for hydroxylation is 15. The summed E-state index contributed by atoms with van der Waals surface area (Å²) >= 11 is 0. The lowest BCUT2D eigenvalue weighted by Gasteiger charge is -2.27. The lowest BCUT2D eigenvalue weighted by Crippen LogP contribution is -2.11. The van der Waals surface area contributed by atoms with Gasteiger partial charge in [-0.15, -0.1) is 0 Å². The van der Waals surface area contributed by atoms with Crippen molar-refractivity contribution in [2.75, 3.05) is 59.2 Å². The van der Waals surface area contributed by atoms with Crippen LogP contribution in [0.4, 0.5) is 68.2 Å². The number of anilines is 12. The molecular weight excluding hydrogens is 1580 g/mol. The van der Waals surface area contributed by atoms with Crippen molar-refractivity contribution >= 4 is 98.1 Å². The van der Waals surface area contributed by atoms with Crippen molar-refractivity contribution in [2.24, 2.45) is 0 Å². The lowest BCUT2D eigenvalue weighted by molar-refractivity contribution is -0.139. The van der Waals surface area contributed by atoms with Crippen LogP contribution < -0.4 is 24.3 Å². The van der Waals surface area contributed by atoms with E-state index >= 15 is 0 Å². The molecule has 12 aromatic carbocycles. The standard InChI is InChI=1S/C30H31NO4.C28H31NO2.C27H29NO3.C27H29NO2/c1-5-29(32)34-19-17-24-8-13-26(14-9-24)31(28-12-7-22(3)23(4)21-28)27-15-10-25(11-16-27)18-20-35-30(33)6-2;1-6-28(30)31-17-7-8-24-11-15-25(16-12-24)29(26-13-9-20(2)22(4)18-26)27-14-10-21(3)23(5)19-27;1-6-27(29)31-16-15-30-26-13-11-23(12-14-26)28(24-9-7-19(2)21(4)17-24)25-10-8-20(3)22(5)18-25;1-6-27(29)30-16-15-23-9-13-24(14-10-23)28(25-11-7-19(2)21(4)17-25)26-12-8-20(3)22(5)18-26/h5-16,21H,1-2,17-20H2,3-4H3;6,9-16,18-19H,1,7-8,17H2,2-5H3;6-14,17-18H,1,15-16H2,2-5H3;6-14,17-18H,1,15-16H2,2-5H3. The van der Waals surface area contributed by atoms with Gasteiger partial charge >= 0.3 is 29.8 Å². The van der Waals surface area contributed by atoms with Gasteiger partial charge in [-0.05, 0) is 368 Å². The highest BCUT2D eigenvalue weighted by molar-refractivity contribution is 5.85. The van der Waals surface area contributed by atoms with Crippen LogP contribution in [0, 0.1) is 96.9 Å². The van der Waals surface area contributed by atoms with Gasteiger partial charge in [0.05, 0.1) is 26.4 Å². The Morgan fingerprint density at radius 2 is 0.394 bits per heavy atom. The normalized spacial score (nSPS) is 10.5. The van der Waals surface area contributed by atoms with Crippen LogP contribution >= 0.6 is 0 Å². The summed E-state index contributed by atoms with van der Waals surface area (Å²) in [6.45, 7) is 48.8. The largest absolute Gasteiger partial charge is 0.490 e. The van der Waals surface area contributed by atoms with Gasteiger partial charge in [0, 0.05) is 118 Å². The summed E-state index contributed by atoms with van der Waals surface area (Å²) in [6, 6.07) is 87.3. The minimum atomic E-state index is -0.448. The second-order valence-electron chi connectivity index (χ2n) is 31.4. The Hall–Kier alpha value is -14.3. The molecule has 0 amide bonds. The fraction of sp³-hybridized carbons (Fsp3) is 0.223. The molecule has 0 aliphatic heterocycles. The molecule has 0 saturated heterocycles. The van der Waals surface area contributed by atoms with Crippen LogP contribution in [-0.4, -0.2) is 69.5 Å². The van der Waals surface area contributed by atoms with Crippen LogP contribution in [-0.2, 0) is 73.3 Å². The Kier molecular flexibility index (Phi) is 36.5. The predicted molar refractivity (Wildman–Crippen MR) is 522 cm³/mol. The zero-order valence-electron chi connectivity index (χ0n) is 76.2. The van der Waals surface area contributed by atoms with Gasteiger partial charge in [-0.2, -0.15) is 0 Å². The molecule has 0 heterocycles. The first-order valence-corrected chi connectivity index (χ1v) is 42.8. The maximum absolute atomic E-state index is 11.3. The van der Waals surface area contributed by atoms with Gasteiger partial charge in [0.2, 0.25) is 0 Å². The van der Waals surface area contributed by atoms with Gasteiger partial charge < -0.3 is 48.0 Å². The molecule has 12 rings (SSSR count). The number of ether oxygens (including phenoxy) is 6. The fourth-order valence-electron chi connectivity index (χ4n) is 13.6. The highest BCUT2D eigenvalue weighted by Gasteiger charge is 2.20. The quantitative estimate of drug-likeness (QED) is 0.0162. The molecule has 127 heavy (non-hydrogen) atoms. The zero-order valence-corrected chi connectivity index (χ0v) is 76.2. The van der Waals surface area contributed by atoms with Crippen LogP contribution in [0.25, 0.3) is 0 Å². The number of hydrogen-bond acceptors (Lipinski definition) is 15. The van der Waals surface area contributed by atoms with Crippen LogP contribution in [0.5, 0.6) is 5.75 Å². The molecule has 0 spiro atoms. The maximum Gasteiger partial charge on any atom is 0.330 e. The van der Waals surface area contributed by atoms with Gasteiger partial charge in [0.25, 0.3) is 0 Å². The van der Waals surface area contributed by atoms with E-state index in [2.05, 4.69) is 350 Å². The Labute approximate surface area is 752 Å². The molecule has 0 saturated carbocycles. The summed E-state index contributed by atoms with van der Waals surface area (Å²) in [4.78, 5) is 65.0. The minimum Gasteiger partial charge on any atom is -0.490 e. The average Bonchev–Trinajstić information content (AvgIpc) is 0.807. The van der Waals surface area contributed by atoms with E-state index in [9.17, 15) is 24.0 Å². The van der Waals surface area contributed by atoms with Gasteiger partial charge in [-0.25, -0.2) is 24.0 Å². The third-order valence-electron chi connectivity index (χ3n) is 22.3. The first-order chi connectivity index (χ1) is 61.1. The van der Waals surface area contributed by atoms with Crippen molar-refractivity contribution in [3.8, 4) is 5.75 Å². The average molecular weight is 1700 g/mol. The van der Waals surface area contributed by atoms with Crippen LogP contribution in [0.15, 0.2) is 312 Å². The smallest absolute Gasteiger partial charge is 0.330 e. The molecule has 0 aromatic heterocycles. The Bertz CT molecular complexity index is 5390. The molecule has 0 atom stereocenters. The third-order valence-corrected chi connectivity index (χ3v) is 22.3. The van der Waals surface area contributed by atoms with Crippen molar-refractivity contribution in [3.63, 3.8) is 0 Å². The molecule has 0 unspecified atom stereocenters. The summed E-state index contributed by atoms with van der Waals surface area (Å²) in [5.74, 6) is -1.31. The second kappa shape index (κ2) is 48.1. The number of hydrogen-bond donors (Lipinski definition) is 0. The topological polar surface area (TPSA) is 154 Å². The molecule has 0 bridgehead atoms. The highest BCUT2D eigenvalue weighted by atomic mass is 16.6. The summed E-state index contributed by atoms with van der Waals surface area (Å²) in [5, 5.41) is 0. The first-order valence-electron chi connectivity index (χ1n) is 42.8. The van der Waals surface area contributed by atoms with Crippen molar-refractivity contribution in [1.29, 1.82) is 0 Å². The SMILES string of the molecule is C=CC(=O)OCCCc1ccc(N(c2ccc(C)c(C)c2)c2ccc(C)c(C)c2)cc1.C=CC(=O)OCCOc1ccc(N(c2ccc(C)c(C)c2)c2ccc(C)c(C)c2)cc1.C=CC(=O)OCCc1ccc(N(c2ccc(C)c(C)c2)c2ccc(C)c(C)c2)cc1.C=CC(=O)OCCc1ccc(N(c2ccc(CCOC(=O)C=C)cc2)c2ccc(C)c(C)c2)cc1. The third kappa shape index (κ3) is 28.6. The maximum atomic E-state index is 11.3. The summed E-state index contributed by atoms with van der Waals surface area (Å²) in [7, 11) is 0. The number of carbonyl (C=O) groups is 5. The van der Waals surface area contributed by atoms with E-state index in [1.165, 1.54) is 108 Å². The van der Waals surface area contributed by atoms with E-state index in [1.54, 1.807) is 0 Å². The fourth-order valence-corrected chi connectivity index (χ4v) is 13.6. The Morgan fingerprint density at radius 1 is 0.213 bits per heavy atom. The van der Waals surface area contributed by atoms with E-state index in [-0.39, 0.29) is 25.2 Å². The Balaban J connectivity index is 0.000000192. The number of nitrogens with zero attached hydrogens (tertiary/aromatic N) is 4. The van der Waals surface area contributed by atoms with E-state index < -0.39 is 17.9 Å². The minimum absolute atomic E-state index is 0.185. The van der Waals surface area contributed by atoms with Gasteiger partial charge in [-0.3, -0.25) is 0 Å². The number of rotatable bonds is 34. The van der Waals surface area contributed by atoms with Crippen LogP contribution in [0.1, 0.15) is 107 Å². The van der Waals surface area contributed by atoms with Gasteiger partial charge in [0.1, 0.15) is 19.0 Å². The molecule has 0 N–H and O–H groups in total. The number of esters is 5. The molecule has 0 radical (unpaired) electrons. The van der Waals surface area contributed by atoms with Crippen molar-refractivity contribution in [1.82, 2.24) is 0 Å². The first kappa shape index (κ1) is 96.5. The molecule has 654 valence electrons. The van der Waals surface area contributed by atoms with E-state index in [0.29, 0.717) is 45.7 Å². The zero-order chi connectivity index (χ0) is 91.6. The molecule has 15 nitrogen and oxygen atoms in total. The molecule has 0 aliphatic rings. The van der Waals surface area contributed by atoms with E-state index in [4.69, 9.17) is 28.4 Å². The Morgan fingerprint density at radius 3 is 0.606 bits per heavy atom. The van der Waals surface area contributed by atoms with Gasteiger partial charge in [-0.1, -0.05) is 124 Å². The molecular formula is C112H120N4O11. The summed E-state index contributed by atoms with van der Waals surface area (Å²) < 4.78 is 31.0. The molecule has 12 aromatic rings. The monoisotopic (exact) mass is 1700 g/mol. The van der Waals surface area contributed by atoms with Crippen LogP contribution in [0.2, 0.25) is 0 Å². The van der Waals surface area contributed by atoms with Gasteiger partial charge in [0.15, 0.2) is 0 Å². The molecule has 0 aliphatic carbocycles. The molecule has 15 heteroatoms. The number of benzene rings is 12. The van der Waals surface area contributed by atoms with E-state index in [0.717, 1.165) is 110 Å². The molecule has 0 fully saturated rings. The van der Waals surface area contributed by atoms with Crippen molar-refractivity contribution in [2.45, 2.75) is 129 Å². The predicted octanol–water partition coefficient (Wildman–Crippen LogP) is 26.5. The number of carbonyl (C=O) groups excluding carboxylic acids is 5.